The summed E-state index contributed by atoms with van der Waals surface area (Å²) >= 11 is 0. The molecule has 2 aromatic rings. The lowest BCUT2D eigenvalue weighted by Crippen LogP contribution is -2.59. The molecule has 2 atom stereocenters. The summed E-state index contributed by atoms with van der Waals surface area (Å²) in [4.78, 5) is 17.8. The highest BCUT2D eigenvalue weighted by Crippen LogP contribution is 2.54. The molecule has 160 valence electrons. The van der Waals surface area contributed by atoms with Gasteiger partial charge in [0.25, 0.3) is 0 Å². The molecule has 2 aliphatic heterocycles. The summed E-state index contributed by atoms with van der Waals surface area (Å²) in [6.07, 6.45) is 7.12. The summed E-state index contributed by atoms with van der Waals surface area (Å²) in [7, 11) is 0. The Balaban J connectivity index is 1.42. The van der Waals surface area contributed by atoms with Gasteiger partial charge in [-0.15, -0.1) is 0 Å². The molecule has 2 N–H and O–H groups in total. The van der Waals surface area contributed by atoms with Crippen molar-refractivity contribution in [2.45, 2.75) is 50.1 Å². The molecule has 2 fully saturated rings. The van der Waals surface area contributed by atoms with E-state index in [0.29, 0.717) is 19.0 Å². The van der Waals surface area contributed by atoms with E-state index in [-0.39, 0.29) is 22.8 Å². The number of carbonyl (C=O) groups is 1. The van der Waals surface area contributed by atoms with Crippen LogP contribution in [0.5, 0.6) is 11.5 Å². The van der Waals surface area contributed by atoms with Gasteiger partial charge in [-0.05, 0) is 84.7 Å². The maximum Gasteiger partial charge on any atom is 0.228 e. The van der Waals surface area contributed by atoms with Gasteiger partial charge in [0.05, 0.1) is 6.54 Å². The molecule has 1 saturated carbocycles. The molecule has 5 heteroatoms. The van der Waals surface area contributed by atoms with Gasteiger partial charge in [-0.2, -0.15) is 0 Å². The number of amides is 1. The SMILES string of the molecule is O=C1CC23CCN(CC4CC4)[C@H](Cc4ccc(O)cc42)C3=CN1Cc1ccc(O)cc1. The Kier molecular flexibility index (Phi) is 4.19. The van der Waals surface area contributed by atoms with Crippen molar-refractivity contribution >= 4 is 5.91 Å². The third-order valence-corrected chi connectivity index (χ3v) is 7.75. The Morgan fingerprint density at radius 1 is 1.03 bits per heavy atom. The van der Waals surface area contributed by atoms with Crippen LogP contribution in [0.1, 0.15) is 42.4 Å². The molecule has 5 nitrogen and oxygen atoms in total. The number of benzene rings is 2. The minimum absolute atomic E-state index is 0.127. The van der Waals surface area contributed by atoms with Crippen molar-refractivity contribution in [3.63, 3.8) is 0 Å². The molecule has 1 amide bonds. The molecule has 2 aromatic carbocycles. The number of rotatable bonds is 4. The van der Waals surface area contributed by atoms with E-state index in [2.05, 4.69) is 17.2 Å². The number of carbonyl (C=O) groups excluding carboxylic acids is 1. The Morgan fingerprint density at radius 2 is 1.81 bits per heavy atom. The summed E-state index contributed by atoms with van der Waals surface area (Å²) in [6.45, 7) is 2.68. The van der Waals surface area contributed by atoms with Crippen LogP contribution >= 0.6 is 0 Å². The van der Waals surface area contributed by atoms with E-state index in [4.69, 9.17) is 0 Å². The van der Waals surface area contributed by atoms with Crippen molar-refractivity contribution in [1.82, 2.24) is 9.80 Å². The predicted octanol–water partition coefficient (Wildman–Crippen LogP) is 3.69. The molecule has 1 saturated heterocycles. The van der Waals surface area contributed by atoms with Gasteiger partial charge >= 0.3 is 0 Å². The lowest BCUT2D eigenvalue weighted by Gasteiger charge is -2.55. The number of hydrogen-bond donors (Lipinski definition) is 2. The normalized spacial score (nSPS) is 27.5. The van der Waals surface area contributed by atoms with Crippen molar-refractivity contribution in [3.8, 4) is 11.5 Å². The summed E-state index contributed by atoms with van der Waals surface area (Å²) in [5.41, 5.74) is 4.49. The van der Waals surface area contributed by atoms with Gasteiger partial charge in [0.15, 0.2) is 0 Å². The van der Waals surface area contributed by atoms with E-state index in [1.807, 2.05) is 23.1 Å². The fourth-order valence-electron chi connectivity index (χ4n) is 5.95. The number of fused-ring (bicyclic) bond motifs is 1. The van der Waals surface area contributed by atoms with Gasteiger partial charge in [-0.1, -0.05) is 18.2 Å². The van der Waals surface area contributed by atoms with Crippen LogP contribution < -0.4 is 0 Å². The fraction of sp³-hybridized carbons (Fsp3) is 0.423. The highest BCUT2D eigenvalue weighted by atomic mass is 16.3. The Labute approximate surface area is 182 Å². The number of hydrogen-bond acceptors (Lipinski definition) is 4. The first-order valence-electron chi connectivity index (χ1n) is 11.4. The molecule has 1 unspecified atom stereocenters. The number of likely N-dealkylation sites (tertiary alicyclic amines) is 1. The van der Waals surface area contributed by atoms with Gasteiger partial charge in [0.1, 0.15) is 11.5 Å². The Hall–Kier alpha value is -2.79. The molecule has 0 radical (unpaired) electrons. The zero-order chi connectivity index (χ0) is 21.2. The standard InChI is InChI=1S/C26H28N2O3/c29-20-6-3-18(4-7-20)15-28-16-23-24-11-19-5-8-21(30)12-22(19)26(23,13-25(28)31)9-10-27(24)14-17-1-2-17/h3-8,12,16-17,24,29-30H,1-2,9-11,13-15H2/t24-,26?/m1/s1. The lowest BCUT2D eigenvalue weighted by atomic mass is 9.58. The molecule has 0 aromatic heterocycles. The largest absolute Gasteiger partial charge is 0.508 e. The monoisotopic (exact) mass is 416 g/mol. The summed E-state index contributed by atoms with van der Waals surface area (Å²) in [5.74, 6) is 1.47. The van der Waals surface area contributed by atoms with Gasteiger partial charge in [0, 0.05) is 30.6 Å². The molecule has 4 aliphatic rings. The van der Waals surface area contributed by atoms with Gasteiger partial charge in [0.2, 0.25) is 5.91 Å². The number of nitrogens with zero attached hydrogens (tertiary/aromatic N) is 2. The van der Waals surface area contributed by atoms with E-state index in [9.17, 15) is 15.0 Å². The summed E-state index contributed by atoms with van der Waals surface area (Å²) < 4.78 is 0. The van der Waals surface area contributed by atoms with E-state index < -0.39 is 0 Å². The van der Waals surface area contributed by atoms with Crippen LogP contribution in [0.2, 0.25) is 0 Å². The second-order valence-electron chi connectivity index (χ2n) is 9.78. The maximum absolute atomic E-state index is 13.3. The first-order chi connectivity index (χ1) is 15.0. The Bertz CT molecular complexity index is 1070. The van der Waals surface area contributed by atoms with Crippen molar-refractivity contribution in [2.75, 3.05) is 13.1 Å². The van der Waals surface area contributed by atoms with Crippen molar-refractivity contribution < 1.29 is 15.0 Å². The van der Waals surface area contributed by atoms with Crippen LogP contribution in [0.3, 0.4) is 0 Å². The van der Waals surface area contributed by atoms with E-state index in [1.54, 1.807) is 18.2 Å². The molecular formula is C26H28N2O3. The number of phenols is 2. The van der Waals surface area contributed by atoms with Crippen LogP contribution in [-0.2, 0) is 23.2 Å². The fourth-order valence-corrected chi connectivity index (χ4v) is 5.95. The third-order valence-electron chi connectivity index (χ3n) is 7.75. The van der Waals surface area contributed by atoms with Gasteiger partial charge in [-0.25, -0.2) is 0 Å². The zero-order valence-electron chi connectivity index (χ0n) is 17.6. The topological polar surface area (TPSA) is 64.0 Å². The number of phenolic OH excluding ortho intramolecular Hbond substituents is 2. The minimum Gasteiger partial charge on any atom is -0.508 e. The van der Waals surface area contributed by atoms with Crippen LogP contribution in [0, 0.1) is 5.92 Å². The lowest BCUT2D eigenvalue weighted by molar-refractivity contribution is -0.132. The van der Waals surface area contributed by atoms with Crippen LogP contribution in [0.4, 0.5) is 0 Å². The van der Waals surface area contributed by atoms with Gasteiger partial charge in [-0.3, -0.25) is 9.69 Å². The van der Waals surface area contributed by atoms with Crippen molar-refractivity contribution in [1.29, 1.82) is 0 Å². The molecule has 2 aliphatic carbocycles. The van der Waals surface area contributed by atoms with Crippen LogP contribution in [0.15, 0.2) is 54.2 Å². The van der Waals surface area contributed by atoms with Crippen molar-refractivity contribution in [3.05, 3.63) is 70.9 Å². The highest BCUT2D eigenvalue weighted by Gasteiger charge is 2.53. The smallest absolute Gasteiger partial charge is 0.228 e. The van der Waals surface area contributed by atoms with E-state index in [1.165, 1.54) is 24.0 Å². The van der Waals surface area contributed by atoms with Crippen LogP contribution in [0.25, 0.3) is 0 Å². The molecular weight excluding hydrogens is 388 g/mol. The predicted molar refractivity (Wildman–Crippen MR) is 118 cm³/mol. The average Bonchev–Trinajstić information content (AvgIpc) is 3.57. The first-order valence-corrected chi connectivity index (χ1v) is 11.4. The molecule has 2 bridgehead atoms. The minimum atomic E-state index is -0.292. The molecule has 2 heterocycles. The van der Waals surface area contributed by atoms with E-state index >= 15 is 0 Å². The first kappa shape index (κ1) is 18.9. The number of piperidine rings is 1. The summed E-state index contributed by atoms with van der Waals surface area (Å²) in [6, 6.07) is 13.2. The number of aromatic hydroxyl groups is 2. The molecule has 6 rings (SSSR count). The molecule has 0 spiro atoms. The molecule has 31 heavy (non-hydrogen) atoms. The second-order valence-corrected chi connectivity index (χ2v) is 9.78. The van der Waals surface area contributed by atoms with E-state index in [0.717, 1.165) is 43.0 Å². The van der Waals surface area contributed by atoms with Crippen molar-refractivity contribution in [2.24, 2.45) is 5.92 Å². The maximum atomic E-state index is 13.3. The zero-order valence-corrected chi connectivity index (χ0v) is 17.6. The third kappa shape index (κ3) is 3.14. The second kappa shape index (κ2) is 6.86. The van der Waals surface area contributed by atoms with Gasteiger partial charge < -0.3 is 15.1 Å². The Morgan fingerprint density at radius 3 is 2.58 bits per heavy atom. The van der Waals surface area contributed by atoms with Crippen LogP contribution in [-0.4, -0.2) is 45.1 Å². The average molecular weight is 417 g/mol. The summed E-state index contributed by atoms with van der Waals surface area (Å²) in [5, 5.41) is 19.8. The quantitative estimate of drug-likeness (QED) is 0.798. The highest BCUT2D eigenvalue weighted by molar-refractivity contribution is 5.82.